The van der Waals surface area contributed by atoms with Crippen LogP contribution in [0, 0.1) is 10.1 Å². The number of carboxylic acids is 1. The molecule has 0 aliphatic heterocycles. The van der Waals surface area contributed by atoms with Gasteiger partial charge in [-0.3, -0.25) is 14.7 Å². The smallest absolute Gasteiger partial charge is 0.336 e. The summed E-state index contributed by atoms with van der Waals surface area (Å²) < 4.78 is 11.5. The third-order valence-corrected chi connectivity index (χ3v) is 4.75. The number of benzene rings is 1. The molecule has 0 atom stereocenters. The highest BCUT2D eigenvalue weighted by atomic mass is 31.2. The molecule has 20 heavy (non-hydrogen) atoms. The van der Waals surface area contributed by atoms with Crippen molar-refractivity contribution in [3.63, 3.8) is 0 Å². The lowest BCUT2D eigenvalue weighted by molar-refractivity contribution is -0.496. The van der Waals surface area contributed by atoms with Crippen molar-refractivity contribution >= 4 is 13.6 Å². The Balaban J connectivity index is 3.60. The Morgan fingerprint density at radius 3 is 2.35 bits per heavy atom. The fraction of sp³-hybridized carbons (Fsp3) is 0.364. The Morgan fingerprint density at radius 2 is 1.95 bits per heavy atom. The van der Waals surface area contributed by atoms with Crippen molar-refractivity contribution in [1.82, 2.24) is 0 Å². The molecule has 0 radical (unpaired) electrons. The van der Waals surface area contributed by atoms with Gasteiger partial charge in [-0.15, -0.1) is 0 Å². The van der Waals surface area contributed by atoms with Crippen molar-refractivity contribution in [2.45, 2.75) is 25.5 Å². The second-order valence-corrected chi connectivity index (χ2v) is 6.94. The van der Waals surface area contributed by atoms with E-state index in [-0.39, 0.29) is 11.1 Å². The van der Waals surface area contributed by atoms with E-state index in [1.165, 1.54) is 32.0 Å². The minimum atomic E-state index is -4.64. The average Bonchev–Trinajstić information content (AvgIpc) is 2.25. The van der Waals surface area contributed by atoms with E-state index in [9.17, 15) is 34.4 Å². The van der Waals surface area contributed by atoms with Gasteiger partial charge in [-0.25, -0.2) is 4.79 Å². The molecule has 9 heteroatoms. The zero-order valence-corrected chi connectivity index (χ0v) is 11.7. The minimum Gasteiger partial charge on any atom is -0.478 e. The normalized spacial score (nSPS) is 12.2. The minimum absolute atomic E-state index is 0.0958. The number of aromatic carboxylic acids is 1. The Labute approximate surface area is 114 Å². The van der Waals surface area contributed by atoms with E-state index in [4.69, 9.17) is 0 Å². The molecule has 0 bridgehead atoms. The molecule has 110 valence electrons. The summed E-state index contributed by atoms with van der Waals surface area (Å²) in [6.45, 7) is 1.67. The first kappa shape index (κ1) is 16.3. The molecule has 0 saturated carbocycles. The zero-order chi connectivity index (χ0) is 15.7. The number of nitrogens with zero attached hydrogens (tertiary/aromatic N) is 1. The van der Waals surface area contributed by atoms with Crippen molar-refractivity contribution in [1.29, 1.82) is 0 Å². The molecule has 0 aromatic heterocycles. The number of hydrogen-bond donors (Lipinski definition) is 3. The van der Waals surface area contributed by atoms with Gasteiger partial charge in [-0.1, -0.05) is 18.2 Å². The number of carboxylic acid groups (broad SMARTS) is 1. The van der Waals surface area contributed by atoms with Crippen LogP contribution in [0.15, 0.2) is 18.2 Å². The third kappa shape index (κ3) is 3.04. The predicted molar refractivity (Wildman–Crippen MR) is 69.2 cm³/mol. The molecule has 8 nitrogen and oxygen atoms in total. The van der Waals surface area contributed by atoms with Crippen LogP contribution in [-0.2, 0) is 16.3 Å². The van der Waals surface area contributed by atoms with Crippen LogP contribution in [0.1, 0.15) is 35.3 Å². The number of rotatable bonds is 5. The van der Waals surface area contributed by atoms with Crippen LogP contribution < -0.4 is 0 Å². The van der Waals surface area contributed by atoms with Crippen LogP contribution in [-0.4, -0.2) is 25.8 Å². The van der Waals surface area contributed by atoms with Gasteiger partial charge in [0.2, 0.25) is 6.54 Å². The van der Waals surface area contributed by atoms with Crippen LogP contribution in [0.5, 0.6) is 0 Å². The van der Waals surface area contributed by atoms with Gasteiger partial charge in [-0.05, 0) is 19.4 Å². The van der Waals surface area contributed by atoms with E-state index < -0.39 is 35.8 Å². The monoisotopic (exact) mass is 303 g/mol. The summed E-state index contributed by atoms with van der Waals surface area (Å²) in [5.74, 6) is -1.46. The fourth-order valence-corrected chi connectivity index (χ4v) is 2.29. The van der Waals surface area contributed by atoms with E-state index in [1.807, 2.05) is 0 Å². The summed E-state index contributed by atoms with van der Waals surface area (Å²) in [6, 6.07) is 3.86. The van der Waals surface area contributed by atoms with Gasteiger partial charge in [0.1, 0.15) is 0 Å². The number of carbonyl (C=O) groups is 1. The van der Waals surface area contributed by atoms with Crippen molar-refractivity contribution in [3.8, 4) is 0 Å². The first-order valence-electron chi connectivity index (χ1n) is 5.51. The Bertz CT molecular complexity index is 605. The van der Waals surface area contributed by atoms with Crippen molar-refractivity contribution in [2.24, 2.45) is 0 Å². The highest BCUT2D eigenvalue weighted by Gasteiger charge is 2.42. The molecule has 0 unspecified atom stereocenters. The van der Waals surface area contributed by atoms with Crippen molar-refractivity contribution < 1.29 is 29.2 Å². The molecule has 0 saturated heterocycles. The molecular formula is C11H14NO7P. The molecule has 0 heterocycles. The van der Waals surface area contributed by atoms with Crippen molar-refractivity contribution in [2.75, 3.05) is 0 Å². The van der Waals surface area contributed by atoms with Crippen LogP contribution in [0.2, 0.25) is 0 Å². The number of nitro groups is 1. The van der Waals surface area contributed by atoms with Crippen molar-refractivity contribution in [3.05, 3.63) is 45.0 Å². The van der Waals surface area contributed by atoms with E-state index in [0.717, 1.165) is 0 Å². The summed E-state index contributed by atoms with van der Waals surface area (Å²) >= 11 is 0. The van der Waals surface area contributed by atoms with Gasteiger partial charge in [0, 0.05) is 10.5 Å². The van der Waals surface area contributed by atoms with Crippen LogP contribution in [0.25, 0.3) is 0 Å². The molecule has 0 fully saturated rings. The van der Waals surface area contributed by atoms with Gasteiger partial charge >= 0.3 is 13.6 Å². The van der Waals surface area contributed by atoms with Gasteiger partial charge in [-0.2, -0.15) is 0 Å². The van der Waals surface area contributed by atoms with E-state index in [0.29, 0.717) is 0 Å². The summed E-state index contributed by atoms with van der Waals surface area (Å²) in [5.41, 5.74) is -0.656. The van der Waals surface area contributed by atoms with E-state index >= 15 is 0 Å². The Hall–Kier alpha value is -1.76. The average molecular weight is 303 g/mol. The van der Waals surface area contributed by atoms with Gasteiger partial charge < -0.3 is 14.9 Å². The standard InChI is InChI=1S/C11H14NO7P/c1-11(2,20(17,18)19)8-5-3-4-7(6-12(15)16)9(8)10(13)14/h3-5H,6H2,1-2H3,(H,13,14)(H2,17,18,19). The maximum Gasteiger partial charge on any atom is 0.336 e. The lowest BCUT2D eigenvalue weighted by Gasteiger charge is -2.28. The van der Waals surface area contributed by atoms with E-state index in [1.54, 1.807) is 0 Å². The third-order valence-electron chi connectivity index (χ3n) is 3.05. The molecule has 1 aromatic carbocycles. The molecular weight excluding hydrogens is 289 g/mol. The highest BCUT2D eigenvalue weighted by Crippen LogP contribution is 2.57. The lowest BCUT2D eigenvalue weighted by atomic mass is 9.92. The molecule has 1 aromatic rings. The quantitative estimate of drug-likeness (QED) is 0.426. The van der Waals surface area contributed by atoms with E-state index in [2.05, 4.69) is 0 Å². The lowest BCUT2D eigenvalue weighted by Crippen LogP contribution is -2.23. The highest BCUT2D eigenvalue weighted by molar-refractivity contribution is 7.53. The molecule has 3 N–H and O–H groups in total. The molecule has 0 aliphatic rings. The molecule has 0 amide bonds. The van der Waals surface area contributed by atoms with Gasteiger partial charge in [0.15, 0.2) is 0 Å². The van der Waals surface area contributed by atoms with Gasteiger partial charge in [0.25, 0.3) is 0 Å². The maximum absolute atomic E-state index is 11.5. The predicted octanol–water partition coefficient (Wildman–Crippen LogP) is 1.57. The van der Waals surface area contributed by atoms with Crippen LogP contribution in [0.3, 0.4) is 0 Å². The second-order valence-electron chi connectivity index (χ2n) is 4.74. The largest absolute Gasteiger partial charge is 0.478 e. The summed E-state index contributed by atoms with van der Waals surface area (Å²) in [7, 11) is -4.64. The molecule has 0 spiro atoms. The summed E-state index contributed by atoms with van der Waals surface area (Å²) in [4.78, 5) is 39.9. The first-order valence-corrected chi connectivity index (χ1v) is 7.13. The first-order chi connectivity index (χ1) is 8.98. The SMILES string of the molecule is CC(C)(c1cccc(C[N+](=O)[O-])c1C(=O)O)P(=O)(O)O. The molecule has 1 rings (SSSR count). The Morgan fingerprint density at radius 1 is 1.40 bits per heavy atom. The van der Waals surface area contributed by atoms with Crippen LogP contribution in [0.4, 0.5) is 0 Å². The topological polar surface area (TPSA) is 138 Å². The maximum atomic E-state index is 11.5. The van der Waals surface area contributed by atoms with Crippen LogP contribution >= 0.6 is 7.60 Å². The zero-order valence-electron chi connectivity index (χ0n) is 10.8. The van der Waals surface area contributed by atoms with Gasteiger partial charge in [0.05, 0.1) is 10.7 Å². The summed E-state index contributed by atoms with van der Waals surface area (Å²) in [6.07, 6.45) is 0. The number of hydrogen-bond acceptors (Lipinski definition) is 4. The molecule has 0 aliphatic carbocycles. The fourth-order valence-electron chi connectivity index (χ4n) is 1.79. The second kappa shape index (κ2) is 5.32. The summed E-state index contributed by atoms with van der Waals surface area (Å²) in [5, 5.41) is 18.0. The Kier molecular flexibility index (Phi) is 4.33.